The molecule has 5 rings (SSSR count). The first kappa shape index (κ1) is 24.1. The van der Waals surface area contributed by atoms with Crippen LogP contribution in [0.1, 0.15) is 19.8 Å². The molecule has 4 aromatic rings. The third kappa shape index (κ3) is 5.47. The number of hydrogen-bond acceptors (Lipinski definition) is 7. The highest BCUT2D eigenvalue weighted by Gasteiger charge is 2.20. The highest BCUT2D eigenvalue weighted by atomic mass is 19.1. The monoisotopic (exact) mass is 490 g/mol. The van der Waals surface area contributed by atoms with Crippen LogP contribution in [0.2, 0.25) is 0 Å². The number of halogens is 1. The van der Waals surface area contributed by atoms with E-state index in [2.05, 4.69) is 22.1 Å². The van der Waals surface area contributed by atoms with Crippen molar-refractivity contribution in [1.29, 1.82) is 0 Å². The first-order chi connectivity index (χ1) is 17.7. The van der Waals surface area contributed by atoms with Gasteiger partial charge in [0.1, 0.15) is 23.9 Å². The molecule has 9 heteroatoms. The standard InChI is InChI=1S/C27H31FN6O2/c1-2-3-12-29-24-6-4-5-23-25(26(32-34(23)24)20-7-9-21(28)10-8-20)22-11-13-30-27(31-22)36-19-16-33-14-17-35-18-15-33/h4-11,13,29H,2-3,12,14-19H2,1H3. The molecule has 1 aromatic carbocycles. The van der Waals surface area contributed by atoms with Crippen molar-refractivity contribution in [2.24, 2.45) is 0 Å². The molecule has 0 bridgehead atoms. The predicted octanol–water partition coefficient (Wildman–Crippen LogP) is 4.52. The lowest BCUT2D eigenvalue weighted by Gasteiger charge is -2.26. The van der Waals surface area contributed by atoms with Crippen LogP contribution in [-0.2, 0) is 4.74 Å². The minimum absolute atomic E-state index is 0.288. The molecule has 0 radical (unpaired) electrons. The number of fused-ring (bicyclic) bond motifs is 1. The van der Waals surface area contributed by atoms with Crippen LogP contribution in [0.5, 0.6) is 6.01 Å². The van der Waals surface area contributed by atoms with E-state index in [1.165, 1.54) is 12.1 Å². The van der Waals surface area contributed by atoms with Gasteiger partial charge in [-0.1, -0.05) is 19.4 Å². The second kappa shape index (κ2) is 11.5. The lowest BCUT2D eigenvalue weighted by molar-refractivity contribution is 0.0317. The molecule has 3 aromatic heterocycles. The fraction of sp³-hybridized carbons (Fsp3) is 0.370. The summed E-state index contributed by atoms with van der Waals surface area (Å²) < 4.78 is 26.9. The summed E-state index contributed by atoms with van der Waals surface area (Å²) >= 11 is 0. The molecule has 1 aliphatic heterocycles. The molecule has 0 amide bonds. The maximum Gasteiger partial charge on any atom is 0.316 e. The second-order valence-electron chi connectivity index (χ2n) is 8.75. The Kier molecular flexibility index (Phi) is 7.68. The van der Waals surface area contributed by atoms with E-state index in [9.17, 15) is 4.39 Å². The van der Waals surface area contributed by atoms with Crippen LogP contribution in [-0.4, -0.2) is 70.5 Å². The van der Waals surface area contributed by atoms with Gasteiger partial charge in [0, 0.05) is 37.9 Å². The Hall–Kier alpha value is -3.56. The predicted molar refractivity (Wildman–Crippen MR) is 138 cm³/mol. The van der Waals surface area contributed by atoms with Crippen LogP contribution in [0.15, 0.2) is 54.7 Å². The number of unbranched alkanes of at least 4 members (excludes halogenated alkanes) is 1. The number of anilines is 1. The summed E-state index contributed by atoms with van der Waals surface area (Å²) in [5.41, 5.74) is 3.97. The van der Waals surface area contributed by atoms with E-state index in [0.717, 1.165) is 80.4 Å². The van der Waals surface area contributed by atoms with E-state index in [1.54, 1.807) is 18.3 Å². The lowest BCUT2D eigenvalue weighted by atomic mass is 10.0. The molecular formula is C27H31FN6O2. The van der Waals surface area contributed by atoms with Crippen LogP contribution in [0.4, 0.5) is 10.2 Å². The van der Waals surface area contributed by atoms with E-state index in [-0.39, 0.29) is 5.82 Å². The number of aromatic nitrogens is 4. The van der Waals surface area contributed by atoms with E-state index >= 15 is 0 Å². The van der Waals surface area contributed by atoms with Gasteiger partial charge in [-0.15, -0.1) is 0 Å². The van der Waals surface area contributed by atoms with Gasteiger partial charge in [-0.3, -0.25) is 4.90 Å². The minimum atomic E-state index is -0.288. The van der Waals surface area contributed by atoms with E-state index in [1.807, 2.05) is 28.8 Å². The molecule has 0 atom stereocenters. The van der Waals surface area contributed by atoms with Gasteiger partial charge in [0.05, 0.1) is 30.0 Å². The van der Waals surface area contributed by atoms with Crippen molar-refractivity contribution >= 4 is 11.3 Å². The van der Waals surface area contributed by atoms with Gasteiger partial charge >= 0.3 is 6.01 Å². The third-order valence-electron chi connectivity index (χ3n) is 6.24. The maximum atomic E-state index is 13.7. The van der Waals surface area contributed by atoms with Gasteiger partial charge in [0.2, 0.25) is 0 Å². The maximum absolute atomic E-state index is 13.7. The number of pyridine rings is 1. The van der Waals surface area contributed by atoms with Crippen molar-refractivity contribution in [2.75, 3.05) is 51.3 Å². The van der Waals surface area contributed by atoms with Gasteiger partial charge < -0.3 is 14.8 Å². The Morgan fingerprint density at radius 2 is 1.92 bits per heavy atom. The molecule has 1 fully saturated rings. The quantitative estimate of drug-likeness (QED) is 0.328. The van der Waals surface area contributed by atoms with Crippen molar-refractivity contribution in [2.45, 2.75) is 19.8 Å². The number of morpholine rings is 1. The normalized spacial score (nSPS) is 14.3. The molecule has 0 unspecified atom stereocenters. The minimum Gasteiger partial charge on any atom is -0.462 e. The Morgan fingerprint density at radius 1 is 1.08 bits per heavy atom. The number of nitrogens with zero attached hydrogens (tertiary/aromatic N) is 5. The third-order valence-corrected chi connectivity index (χ3v) is 6.24. The number of hydrogen-bond donors (Lipinski definition) is 1. The van der Waals surface area contributed by atoms with Crippen molar-refractivity contribution in [1.82, 2.24) is 24.5 Å². The molecule has 188 valence electrons. The Morgan fingerprint density at radius 3 is 2.72 bits per heavy atom. The fourth-order valence-corrected chi connectivity index (χ4v) is 4.30. The molecule has 8 nitrogen and oxygen atoms in total. The van der Waals surface area contributed by atoms with Crippen molar-refractivity contribution in [3.8, 4) is 28.5 Å². The number of benzene rings is 1. The van der Waals surface area contributed by atoms with E-state index in [0.29, 0.717) is 18.3 Å². The zero-order chi connectivity index (χ0) is 24.7. The average molecular weight is 491 g/mol. The SMILES string of the molecule is CCCCNc1cccc2c(-c3ccnc(OCCN4CCOCC4)n3)c(-c3ccc(F)cc3)nn12. The van der Waals surface area contributed by atoms with Gasteiger partial charge in [-0.2, -0.15) is 10.1 Å². The Bertz CT molecular complexity index is 1290. The van der Waals surface area contributed by atoms with Crippen LogP contribution in [0.3, 0.4) is 0 Å². The van der Waals surface area contributed by atoms with Gasteiger partial charge in [-0.25, -0.2) is 13.9 Å². The number of rotatable bonds is 10. The molecule has 0 spiro atoms. The molecular weight excluding hydrogens is 459 g/mol. The van der Waals surface area contributed by atoms with Crippen LogP contribution >= 0.6 is 0 Å². The summed E-state index contributed by atoms with van der Waals surface area (Å²) in [5.74, 6) is 0.607. The number of ether oxygens (including phenoxy) is 2. The topological polar surface area (TPSA) is 76.8 Å². The first-order valence-corrected chi connectivity index (χ1v) is 12.5. The van der Waals surface area contributed by atoms with Crippen LogP contribution < -0.4 is 10.1 Å². The zero-order valence-electron chi connectivity index (χ0n) is 20.5. The van der Waals surface area contributed by atoms with Crippen molar-refractivity contribution < 1.29 is 13.9 Å². The smallest absolute Gasteiger partial charge is 0.316 e. The van der Waals surface area contributed by atoms with Gasteiger partial charge in [0.15, 0.2) is 0 Å². The van der Waals surface area contributed by atoms with E-state index in [4.69, 9.17) is 19.6 Å². The largest absolute Gasteiger partial charge is 0.462 e. The number of nitrogens with one attached hydrogen (secondary N) is 1. The molecule has 4 heterocycles. The fourth-order valence-electron chi connectivity index (χ4n) is 4.30. The molecule has 36 heavy (non-hydrogen) atoms. The highest BCUT2D eigenvalue weighted by molar-refractivity contribution is 5.91. The second-order valence-corrected chi connectivity index (χ2v) is 8.75. The zero-order valence-corrected chi connectivity index (χ0v) is 20.5. The van der Waals surface area contributed by atoms with Crippen LogP contribution in [0.25, 0.3) is 28.0 Å². The van der Waals surface area contributed by atoms with Crippen molar-refractivity contribution in [3.63, 3.8) is 0 Å². The first-order valence-electron chi connectivity index (χ1n) is 12.5. The summed E-state index contributed by atoms with van der Waals surface area (Å²) in [6.45, 7) is 7.62. The van der Waals surface area contributed by atoms with E-state index < -0.39 is 0 Å². The highest BCUT2D eigenvalue weighted by Crippen LogP contribution is 2.35. The van der Waals surface area contributed by atoms with Gasteiger partial charge in [0.25, 0.3) is 0 Å². The van der Waals surface area contributed by atoms with Crippen molar-refractivity contribution in [3.05, 3.63) is 60.5 Å². The Balaban J connectivity index is 1.49. The van der Waals surface area contributed by atoms with Gasteiger partial charge in [-0.05, 0) is 48.9 Å². The summed E-state index contributed by atoms with van der Waals surface area (Å²) in [4.78, 5) is 11.4. The van der Waals surface area contributed by atoms with Crippen LogP contribution in [0, 0.1) is 5.82 Å². The lowest BCUT2D eigenvalue weighted by Crippen LogP contribution is -2.38. The molecule has 0 saturated carbocycles. The summed E-state index contributed by atoms with van der Waals surface area (Å²) in [5, 5.41) is 8.41. The molecule has 0 aliphatic carbocycles. The Labute approximate surface area is 210 Å². The summed E-state index contributed by atoms with van der Waals surface area (Å²) in [7, 11) is 0. The molecule has 1 N–H and O–H groups in total. The average Bonchev–Trinajstić information content (AvgIpc) is 3.31. The molecule has 1 aliphatic rings. The summed E-state index contributed by atoms with van der Waals surface area (Å²) in [6, 6.07) is 14.6. The molecule has 1 saturated heterocycles. The summed E-state index contributed by atoms with van der Waals surface area (Å²) in [6.07, 6.45) is 3.86.